The van der Waals surface area contributed by atoms with Crippen LogP contribution in [-0.4, -0.2) is 41.2 Å². The molecule has 1 fully saturated rings. The van der Waals surface area contributed by atoms with Crippen molar-refractivity contribution in [2.45, 2.75) is 12.8 Å². The molecule has 19 heavy (non-hydrogen) atoms. The zero-order valence-corrected chi connectivity index (χ0v) is 11.1. The van der Waals surface area contributed by atoms with Crippen molar-refractivity contribution in [2.24, 2.45) is 5.92 Å². The molecule has 2 aromatic rings. The molecular formula is C13H19N5O. The molecule has 1 saturated heterocycles. The van der Waals surface area contributed by atoms with E-state index in [0.29, 0.717) is 5.92 Å². The van der Waals surface area contributed by atoms with E-state index >= 15 is 0 Å². The normalized spacial score (nSPS) is 16.7. The van der Waals surface area contributed by atoms with Crippen LogP contribution in [0.25, 0.3) is 5.65 Å². The second-order valence-corrected chi connectivity index (χ2v) is 4.82. The molecule has 6 nitrogen and oxygen atoms in total. The largest absolute Gasteiger partial charge is 0.381 e. The number of imidazole rings is 1. The summed E-state index contributed by atoms with van der Waals surface area (Å²) in [7, 11) is 1.87. The molecule has 0 unspecified atom stereocenters. The van der Waals surface area contributed by atoms with E-state index in [9.17, 15) is 0 Å². The van der Waals surface area contributed by atoms with Crippen molar-refractivity contribution in [3.05, 3.63) is 18.6 Å². The van der Waals surface area contributed by atoms with Crippen molar-refractivity contribution in [1.29, 1.82) is 0 Å². The molecule has 0 bridgehead atoms. The van der Waals surface area contributed by atoms with Gasteiger partial charge in [-0.05, 0) is 18.8 Å². The summed E-state index contributed by atoms with van der Waals surface area (Å²) in [6, 6.07) is 0. The number of fused-ring (bicyclic) bond motifs is 1. The summed E-state index contributed by atoms with van der Waals surface area (Å²) >= 11 is 0. The van der Waals surface area contributed by atoms with E-state index in [1.165, 1.54) is 0 Å². The van der Waals surface area contributed by atoms with Gasteiger partial charge in [-0.3, -0.25) is 0 Å². The van der Waals surface area contributed by atoms with Crippen LogP contribution < -0.4 is 10.6 Å². The van der Waals surface area contributed by atoms with Gasteiger partial charge < -0.3 is 19.8 Å². The average Bonchev–Trinajstić information content (AvgIpc) is 2.94. The third-order valence-electron chi connectivity index (χ3n) is 3.53. The number of hydrogen-bond donors (Lipinski definition) is 2. The Morgan fingerprint density at radius 1 is 1.42 bits per heavy atom. The van der Waals surface area contributed by atoms with Gasteiger partial charge in [-0.1, -0.05) is 0 Å². The van der Waals surface area contributed by atoms with Gasteiger partial charge in [-0.15, -0.1) is 0 Å². The van der Waals surface area contributed by atoms with Gasteiger partial charge in [0.15, 0.2) is 11.5 Å². The van der Waals surface area contributed by atoms with E-state index in [-0.39, 0.29) is 0 Å². The quantitative estimate of drug-likeness (QED) is 0.875. The lowest BCUT2D eigenvalue weighted by atomic mass is 10.0. The highest BCUT2D eigenvalue weighted by Crippen LogP contribution is 2.19. The van der Waals surface area contributed by atoms with Crippen LogP contribution in [0.5, 0.6) is 0 Å². The van der Waals surface area contributed by atoms with Crippen LogP contribution in [0.3, 0.4) is 0 Å². The predicted octanol–water partition coefficient (Wildman–Crippen LogP) is 1.61. The molecule has 0 aromatic carbocycles. The predicted molar refractivity (Wildman–Crippen MR) is 74.6 cm³/mol. The third kappa shape index (κ3) is 2.63. The van der Waals surface area contributed by atoms with Crippen molar-refractivity contribution in [3.63, 3.8) is 0 Å². The summed E-state index contributed by atoms with van der Waals surface area (Å²) in [5.74, 6) is 2.33. The lowest BCUT2D eigenvalue weighted by Crippen LogP contribution is -2.23. The van der Waals surface area contributed by atoms with E-state index in [0.717, 1.165) is 49.9 Å². The van der Waals surface area contributed by atoms with Gasteiger partial charge >= 0.3 is 0 Å². The molecule has 3 rings (SSSR count). The summed E-state index contributed by atoms with van der Waals surface area (Å²) in [5.41, 5.74) is 0.867. The van der Waals surface area contributed by atoms with Gasteiger partial charge in [0.1, 0.15) is 5.82 Å². The van der Waals surface area contributed by atoms with Gasteiger partial charge in [-0.25, -0.2) is 9.97 Å². The number of rotatable bonds is 4. The zero-order chi connectivity index (χ0) is 13.1. The van der Waals surface area contributed by atoms with E-state index in [4.69, 9.17) is 4.74 Å². The fourth-order valence-corrected chi connectivity index (χ4v) is 2.36. The van der Waals surface area contributed by atoms with Crippen molar-refractivity contribution in [1.82, 2.24) is 14.4 Å². The number of ether oxygens (including phenoxy) is 1. The summed E-state index contributed by atoms with van der Waals surface area (Å²) < 4.78 is 7.35. The van der Waals surface area contributed by atoms with Crippen LogP contribution in [-0.2, 0) is 4.74 Å². The first-order valence-electron chi connectivity index (χ1n) is 6.70. The first kappa shape index (κ1) is 12.2. The smallest absolute Gasteiger partial charge is 0.180 e. The monoisotopic (exact) mass is 261 g/mol. The molecule has 0 spiro atoms. The van der Waals surface area contributed by atoms with Crippen LogP contribution in [0.15, 0.2) is 18.6 Å². The highest BCUT2D eigenvalue weighted by atomic mass is 16.5. The topological polar surface area (TPSA) is 63.5 Å². The summed E-state index contributed by atoms with van der Waals surface area (Å²) in [6.45, 7) is 2.66. The summed E-state index contributed by atoms with van der Waals surface area (Å²) in [6.07, 6.45) is 7.88. The lowest BCUT2D eigenvalue weighted by molar-refractivity contribution is 0.0699. The summed E-state index contributed by atoms with van der Waals surface area (Å²) in [5, 5.41) is 6.50. The maximum absolute atomic E-state index is 5.38. The van der Waals surface area contributed by atoms with Crippen molar-refractivity contribution in [3.8, 4) is 0 Å². The first-order valence-corrected chi connectivity index (χ1v) is 6.70. The fraction of sp³-hybridized carbons (Fsp3) is 0.538. The minimum absolute atomic E-state index is 0.656. The molecule has 1 aliphatic rings. The Labute approximate surface area is 112 Å². The number of aromatic nitrogens is 3. The molecule has 0 radical (unpaired) electrons. The van der Waals surface area contributed by atoms with Crippen molar-refractivity contribution >= 4 is 17.3 Å². The molecule has 2 aromatic heterocycles. The maximum atomic E-state index is 5.38. The number of hydrogen-bond acceptors (Lipinski definition) is 5. The van der Waals surface area contributed by atoms with Gasteiger partial charge in [0, 0.05) is 39.2 Å². The Morgan fingerprint density at radius 2 is 2.26 bits per heavy atom. The second kappa shape index (κ2) is 5.44. The number of nitrogens with zero attached hydrogens (tertiary/aromatic N) is 3. The van der Waals surface area contributed by atoms with Crippen LogP contribution in [0.1, 0.15) is 12.8 Å². The van der Waals surface area contributed by atoms with Gasteiger partial charge in [0.25, 0.3) is 0 Å². The molecular weight excluding hydrogens is 242 g/mol. The lowest BCUT2D eigenvalue weighted by Gasteiger charge is -2.22. The van der Waals surface area contributed by atoms with Gasteiger partial charge in [-0.2, -0.15) is 0 Å². The van der Waals surface area contributed by atoms with E-state index < -0.39 is 0 Å². The Morgan fingerprint density at radius 3 is 3.05 bits per heavy atom. The van der Waals surface area contributed by atoms with E-state index in [1.54, 1.807) is 6.20 Å². The minimum Gasteiger partial charge on any atom is -0.381 e. The first-order chi connectivity index (χ1) is 9.36. The number of nitrogens with one attached hydrogen (secondary N) is 2. The van der Waals surface area contributed by atoms with Crippen molar-refractivity contribution in [2.75, 3.05) is 37.4 Å². The molecule has 0 saturated carbocycles. The molecule has 2 N–H and O–H groups in total. The minimum atomic E-state index is 0.656. The molecule has 3 heterocycles. The second-order valence-electron chi connectivity index (χ2n) is 4.82. The van der Waals surface area contributed by atoms with Gasteiger partial charge in [0.05, 0.1) is 6.20 Å². The van der Waals surface area contributed by atoms with E-state index in [1.807, 2.05) is 23.8 Å². The molecule has 102 valence electrons. The molecule has 0 amide bonds. The van der Waals surface area contributed by atoms with Gasteiger partial charge in [0.2, 0.25) is 0 Å². The standard InChI is InChI=1S/C13H19N5O/c1-14-11-9-18-5-4-15-13(18)12(17-11)16-8-10-2-6-19-7-3-10/h4-5,9-10,14H,2-3,6-8H2,1H3,(H,16,17). The Kier molecular flexibility index (Phi) is 3.50. The van der Waals surface area contributed by atoms with Crippen LogP contribution in [0, 0.1) is 5.92 Å². The Bertz CT molecular complexity index is 547. The molecule has 6 heteroatoms. The van der Waals surface area contributed by atoms with Crippen LogP contribution in [0.4, 0.5) is 11.6 Å². The number of anilines is 2. The third-order valence-corrected chi connectivity index (χ3v) is 3.53. The van der Waals surface area contributed by atoms with E-state index in [2.05, 4.69) is 20.6 Å². The Hall–Kier alpha value is -1.82. The molecule has 0 atom stereocenters. The SMILES string of the molecule is CNc1cn2ccnc2c(NCC2CCOCC2)n1. The molecule has 0 aliphatic carbocycles. The highest BCUT2D eigenvalue weighted by molar-refractivity contribution is 5.65. The van der Waals surface area contributed by atoms with Crippen LogP contribution >= 0.6 is 0 Å². The molecule has 1 aliphatic heterocycles. The zero-order valence-electron chi connectivity index (χ0n) is 11.1. The maximum Gasteiger partial charge on any atom is 0.180 e. The van der Waals surface area contributed by atoms with Crippen molar-refractivity contribution < 1.29 is 4.74 Å². The van der Waals surface area contributed by atoms with Crippen LogP contribution in [0.2, 0.25) is 0 Å². The average molecular weight is 261 g/mol. The summed E-state index contributed by atoms with van der Waals surface area (Å²) in [4.78, 5) is 8.88. The fourth-order valence-electron chi connectivity index (χ4n) is 2.36. The highest BCUT2D eigenvalue weighted by Gasteiger charge is 2.15. The Balaban J connectivity index is 1.77.